The Kier molecular flexibility index (Phi) is 9.18. The van der Waals surface area contributed by atoms with Gasteiger partial charge in [0.25, 0.3) is 0 Å². The van der Waals surface area contributed by atoms with Crippen molar-refractivity contribution in [3.05, 3.63) is 0 Å². The van der Waals surface area contributed by atoms with Crippen LogP contribution in [-0.2, 0) is 18.5 Å². The predicted octanol–water partition coefficient (Wildman–Crippen LogP) is 3.73. The van der Waals surface area contributed by atoms with Crippen LogP contribution in [-0.4, -0.2) is 40.6 Å². The molecule has 0 amide bonds. The third kappa shape index (κ3) is 9.01. The lowest BCUT2D eigenvalue weighted by molar-refractivity contribution is 0.00572. The minimum Gasteiger partial charge on any atom is -0.379 e. The Morgan fingerprint density at radius 2 is 1.62 bits per heavy atom. The van der Waals surface area contributed by atoms with Crippen LogP contribution < -0.4 is 0 Å². The monoisotopic (exact) mass is 340 g/mol. The van der Waals surface area contributed by atoms with E-state index in [-0.39, 0.29) is 11.2 Å². The fraction of sp³-hybridized carbons (Fsp3) is 1.00. The van der Waals surface area contributed by atoms with Crippen molar-refractivity contribution in [1.29, 1.82) is 0 Å². The van der Waals surface area contributed by atoms with E-state index in [0.29, 0.717) is 19.8 Å². The second-order valence-corrected chi connectivity index (χ2v) is 8.89. The van der Waals surface area contributed by atoms with Crippen LogP contribution in [0.3, 0.4) is 0 Å². The Morgan fingerprint density at radius 3 is 2.19 bits per heavy atom. The second-order valence-electron chi connectivity index (χ2n) is 6.12. The van der Waals surface area contributed by atoms with Crippen LogP contribution >= 0.6 is 10.7 Å². The van der Waals surface area contributed by atoms with E-state index in [1.165, 1.54) is 12.8 Å². The molecule has 0 aromatic rings. The summed E-state index contributed by atoms with van der Waals surface area (Å²) in [6.07, 6.45) is 8.41. The minimum atomic E-state index is -3.49. The maximum atomic E-state index is 11.5. The molecule has 1 aliphatic carbocycles. The molecule has 1 saturated carbocycles. The second kappa shape index (κ2) is 10.0. The summed E-state index contributed by atoms with van der Waals surface area (Å²) in [6.45, 7) is 4.46. The molecule has 1 fully saturated rings. The fourth-order valence-corrected chi connectivity index (χ4v) is 4.73. The summed E-state index contributed by atoms with van der Waals surface area (Å²) in [6, 6.07) is 0. The van der Waals surface area contributed by atoms with Crippen LogP contribution in [0.2, 0.25) is 0 Å². The number of halogens is 1. The number of unbranched alkanes of at least 4 members (excludes halogenated alkanes) is 1. The largest absolute Gasteiger partial charge is 0.379 e. The molecule has 1 aliphatic rings. The van der Waals surface area contributed by atoms with E-state index in [4.69, 9.17) is 20.2 Å². The Bertz CT molecular complexity index is 362. The van der Waals surface area contributed by atoms with E-state index in [9.17, 15) is 8.42 Å². The van der Waals surface area contributed by atoms with Gasteiger partial charge in [-0.05, 0) is 19.3 Å². The average molecular weight is 341 g/mol. The summed E-state index contributed by atoms with van der Waals surface area (Å²) in [7, 11) is 2.01. The van der Waals surface area contributed by atoms with Gasteiger partial charge in [0.05, 0.1) is 25.6 Å². The average Bonchev–Trinajstić information content (AvgIpc) is 2.62. The molecule has 6 heteroatoms. The number of hydrogen-bond acceptors (Lipinski definition) is 4. The zero-order valence-electron chi connectivity index (χ0n) is 13.1. The van der Waals surface area contributed by atoms with Gasteiger partial charge in [0, 0.05) is 22.7 Å². The minimum absolute atomic E-state index is 0.0260. The molecule has 0 atom stereocenters. The number of ether oxygens (including phenoxy) is 2. The zero-order chi connectivity index (χ0) is 15.6. The first-order valence-corrected chi connectivity index (χ1v) is 10.5. The van der Waals surface area contributed by atoms with Crippen LogP contribution in [0, 0.1) is 5.41 Å². The smallest absolute Gasteiger partial charge is 0.233 e. The van der Waals surface area contributed by atoms with Crippen molar-refractivity contribution in [2.24, 2.45) is 5.41 Å². The van der Waals surface area contributed by atoms with E-state index >= 15 is 0 Å². The molecule has 0 N–H and O–H groups in total. The lowest BCUT2D eigenvalue weighted by atomic mass is 9.83. The highest BCUT2D eigenvalue weighted by Crippen LogP contribution is 2.37. The van der Waals surface area contributed by atoms with Crippen molar-refractivity contribution in [2.75, 3.05) is 32.2 Å². The lowest BCUT2D eigenvalue weighted by Gasteiger charge is -2.31. The SMILES string of the molecule is CCCCOCCOCC1(CS(=O)(=O)Cl)CCCCCC1. The van der Waals surface area contributed by atoms with Gasteiger partial charge in [0.1, 0.15) is 0 Å². The Balaban J connectivity index is 2.38. The lowest BCUT2D eigenvalue weighted by Crippen LogP contribution is -2.33. The van der Waals surface area contributed by atoms with Crippen molar-refractivity contribution in [2.45, 2.75) is 58.3 Å². The maximum Gasteiger partial charge on any atom is 0.233 e. The van der Waals surface area contributed by atoms with Gasteiger partial charge in [0.15, 0.2) is 0 Å². The summed E-state index contributed by atoms with van der Waals surface area (Å²) < 4.78 is 34.2. The summed E-state index contributed by atoms with van der Waals surface area (Å²) in [5, 5.41) is 0. The molecule has 0 heterocycles. The van der Waals surface area contributed by atoms with E-state index in [0.717, 1.165) is 45.1 Å². The Morgan fingerprint density at radius 1 is 1.00 bits per heavy atom. The molecule has 1 rings (SSSR count). The summed E-state index contributed by atoms with van der Waals surface area (Å²) in [4.78, 5) is 0. The number of hydrogen-bond donors (Lipinski definition) is 0. The van der Waals surface area contributed by atoms with Crippen LogP contribution in [0.5, 0.6) is 0 Å². The molecule has 0 unspecified atom stereocenters. The topological polar surface area (TPSA) is 52.6 Å². The molecule has 0 aromatic heterocycles. The highest BCUT2D eigenvalue weighted by atomic mass is 35.7. The van der Waals surface area contributed by atoms with Gasteiger partial charge >= 0.3 is 0 Å². The molecular formula is C15H29ClO4S. The van der Waals surface area contributed by atoms with E-state index in [1.54, 1.807) is 0 Å². The quantitative estimate of drug-likeness (QED) is 0.345. The highest BCUT2D eigenvalue weighted by Gasteiger charge is 2.35. The predicted molar refractivity (Wildman–Crippen MR) is 86.3 cm³/mol. The summed E-state index contributed by atoms with van der Waals surface area (Å²) >= 11 is 0. The molecule has 0 radical (unpaired) electrons. The summed E-state index contributed by atoms with van der Waals surface area (Å²) in [5.41, 5.74) is -0.305. The van der Waals surface area contributed by atoms with Crippen LogP contribution in [0.1, 0.15) is 58.3 Å². The molecule has 21 heavy (non-hydrogen) atoms. The van der Waals surface area contributed by atoms with Gasteiger partial charge in [-0.15, -0.1) is 0 Å². The molecule has 0 spiro atoms. The van der Waals surface area contributed by atoms with Crippen LogP contribution in [0.25, 0.3) is 0 Å². The first-order valence-electron chi connectivity index (χ1n) is 8.05. The molecular weight excluding hydrogens is 312 g/mol. The van der Waals surface area contributed by atoms with E-state index in [2.05, 4.69) is 6.92 Å². The molecule has 0 bridgehead atoms. The zero-order valence-corrected chi connectivity index (χ0v) is 14.7. The van der Waals surface area contributed by atoms with Gasteiger partial charge in [-0.25, -0.2) is 8.42 Å². The van der Waals surface area contributed by atoms with Crippen molar-refractivity contribution in [1.82, 2.24) is 0 Å². The fourth-order valence-electron chi connectivity index (χ4n) is 2.93. The number of rotatable bonds is 10. The van der Waals surface area contributed by atoms with Crippen molar-refractivity contribution < 1.29 is 17.9 Å². The van der Waals surface area contributed by atoms with Crippen LogP contribution in [0.15, 0.2) is 0 Å². The first-order chi connectivity index (χ1) is 9.97. The maximum absolute atomic E-state index is 11.5. The normalized spacial score (nSPS) is 19.3. The van der Waals surface area contributed by atoms with Crippen molar-refractivity contribution in [3.63, 3.8) is 0 Å². The van der Waals surface area contributed by atoms with Gasteiger partial charge in [0.2, 0.25) is 9.05 Å². The summed E-state index contributed by atoms with van der Waals surface area (Å²) in [5.74, 6) is 0.0260. The molecule has 0 aromatic carbocycles. The van der Waals surface area contributed by atoms with E-state index in [1.807, 2.05) is 0 Å². The molecule has 0 aliphatic heterocycles. The molecule has 0 saturated heterocycles. The highest BCUT2D eigenvalue weighted by molar-refractivity contribution is 8.13. The van der Waals surface area contributed by atoms with Gasteiger partial charge in [-0.2, -0.15) is 0 Å². The standard InChI is InChI=1S/C15H29ClO4S/c1-2-3-10-19-11-12-20-13-15(14-21(16,17)18)8-6-4-5-7-9-15/h2-14H2,1H3. The van der Waals surface area contributed by atoms with E-state index < -0.39 is 9.05 Å². The third-order valence-electron chi connectivity index (χ3n) is 4.07. The van der Waals surface area contributed by atoms with Crippen LogP contribution in [0.4, 0.5) is 0 Å². The first kappa shape index (κ1) is 19.2. The molecule has 4 nitrogen and oxygen atoms in total. The Hall–Kier alpha value is 0.160. The van der Waals surface area contributed by atoms with Crippen molar-refractivity contribution in [3.8, 4) is 0 Å². The van der Waals surface area contributed by atoms with Crippen molar-refractivity contribution >= 4 is 19.7 Å². The van der Waals surface area contributed by atoms with Gasteiger partial charge < -0.3 is 9.47 Å². The Labute approximate surface area is 134 Å². The van der Waals surface area contributed by atoms with Gasteiger partial charge in [-0.3, -0.25) is 0 Å². The van der Waals surface area contributed by atoms with Gasteiger partial charge in [-0.1, -0.05) is 39.0 Å². The molecule has 126 valence electrons. The third-order valence-corrected chi connectivity index (χ3v) is 5.35.